The summed E-state index contributed by atoms with van der Waals surface area (Å²) < 4.78 is 33.2. The summed E-state index contributed by atoms with van der Waals surface area (Å²) in [5, 5.41) is 0. The molecule has 83 heavy (non-hydrogen) atoms. The van der Waals surface area contributed by atoms with Crippen molar-refractivity contribution in [1.29, 1.82) is 0 Å². The Morgan fingerprint density at radius 1 is 0.373 bits per heavy atom. The Kier molecular flexibility index (Phi) is 65.1. The number of rotatable bonds is 64. The zero-order chi connectivity index (χ0) is 60.1. The van der Waals surface area contributed by atoms with Gasteiger partial charge >= 0.3 is 19.8 Å². The average molecular weight is 1180 g/mol. The van der Waals surface area contributed by atoms with E-state index in [1.165, 1.54) is 186 Å². The van der Waals surface area contributed by atoms with Crippen molar-refractivity contribution in [2.45, 2.75) is 315 Å². The molecule has 0 aliphatic heterocycles. The van der Waals surface area contributed by atoms with Gasteiger partial charge in [0.2, 0.25) is 0 Å². The largest absolute Gasteiger partial charge is 0.472 e. The molecule has 0 aliphatic carbocycles. The first-order chi connectivity index (χ1) is 40.8. The number of esters is 2. The third kappa shape index (κ3) is 67.7. The standard InChI is InChI=1S/C73H128NO8P/c1-3-5-7-9-11-13-15-17-19-21-23-25-27-29-30-31-32-33-34-35-36-37-38-39-40-42-44-46-48-50-52-54-56-58-60-62-64-66-73(76)82-71(70-81-83(77,78)80-68-67-74)69-79-72(75)65-63-61-59-57-55-53-51-49-47-45-43-41-28-26-24-22-20-18-16-14-12-10-8-6-4-2/h5,7,11,13,17,19,22-25,29-30,32-33,35-36,38-39,71H,3-4,6,8-10,12,14-16,18,20-21,26-28,31,34,37,40-70,74H2,1-2H3,(H,77,78)/b7-5-,13-11-,19-17-,24-22-,25-23-,30-29-,33-32-,36-35-,39-38-. The maximum atomic E-state index is 12.8. The van der Waals surface area contributed by atoms with Crippen molar-refractivity contribution in [3.05, 3.63) is 109 Å². The summed E-state index contributed by atoms with van der Waals surface area (Å²) in [7, 11) is -4.40. The Bertz CT molecular complexity index is 1730. The van der Waals surface area contributed by atoms with Crippen LogP contribution in [0.5, 0.6) is 0 Å². The maximum Gasteiger partial charge on any atom is 0.472 e. The van der Waals surface area contributed by atoms with E-state index in [9.17, 15) is 19.0 Å². The molecule has 0 radical (unpaired) electrons. The lowest BCUT2D eigenvalue weighted by Crippen LogP contribution is -2.29. The topological polar surface area (TPSA) is 134 Å². The molecule has 3 N–H and O–H groups in total. The van der Waals surface area contributed by atoms with Gasteiger partial charge in [0.25, 0.3) is 0 Å². The second-order valence-corrected chi connectivity index (χ2v) is 24.1. The lowest BCUT2D eigenvalue weighted by molar-refractivity contribution is -0.161. The molecule has 10 heteroatoms. The number of hydrogen-bond acceptors (Lipinski definition) is 8. The van der Waals surface area contributed by atoms with Crippen LogP contribution in [0, 0.1) is 0 Å². The highest BCUT2D eigenvalue weighted by Crippen LogP contribution is 2.43. The third-order valence-electron chi connectivity index (χ3n) is 14.6. The Balaban J connectivity index is 3.91. The molecule has 0 aromatic rings. The Morgan fingerprint density at radius 3 is 1.00 bits per heavy atom. The van der Waals surface area contributed by atoms with Crippen LogP contribution >= 0.6 is 7.82 Å². The molecule has 2 atom stereocenters. The van der Waals surface area contributed by atoms with E-state index in [1.807, 2.05) is 0 Å². The van der Waals surface area contributed by atoms with Gasteiger partial charge < -0.3 is 20.1 Å². The minimum Gasteiger partial charge on any atom is -0.462 e. The van der Waals surface area contributed by atoms with Gasteiger partial charge in [-0.1, -0.05) is 303 Å². The van der Waals surface area contributed by atoms with Crippen LogP contribution in [-0.2, 0) is 32.7 Å². The predicted octanol–water partition coefficient (Wildman–Crippen LogP) is 22.5. The Labute approximate surface area is 511 Å². The van der Waals surface area contributed by atoms with Crippen LogP contribution in [0.3, 0.4) is 0 Å². The predicted molar refractivity (Wildman–Crippen MR) is 358 cm³/mol. The van der Waals surface area contributed by atoms with Gasteiger partial charge in [-0.25, -0.2) is 4.57 Å². The number of allylic oxidation sites excluding steroid dienone is 18. The van der Waals surface area contributed by atoms with Crippen molar-refractivity contribution < 1.29 is 37.6 Å². The van der Waals surface area contributed by atoms with Crippen LogP contribution in [0.1, 0.15) is 309 Å². The van der Waals surface area contributed by atoms with Gasteiger partial charge in [-0.05, 0) is 103 Å². The van der Waals surface area contributed by atoms with Crippen molar-refractivity contribution in [2.75, 3.05) is 26.4 Å². The van der Waals surface area contributed by atoms with E-state index < -0.39 is 26.5 Å². The highest BCUT2D eigenvalue weighted by Gasteiger charge is 2.26. The summed E-state index contributed by atoms with van der Waals surface area (Å²) in [4.78, 5) is 35.3. The number of hydrogen-bond donors (Lipinski definition) is 2. The minimum absolute atomic E-state index is 0.0501. The molecule has 0 spiro atoms. The molecule has 2 unspecified atom stereocenters. The monoisotopic (exact) mass is 1180 g/mol. The summed E-state index contributed by atoms with van der Waals surface area (Å²) in [5.41, 5.74) is 5.40. The number of ether oxygens (including phenoxy) is 2. The second-order valence-electron chi connectivity index (χ2n) is 22.7. The van der Waals surface area contributed by atoms with Gasteiger partial charge in [0, 0.05) is 19.4 Å². The van der Waals surface area contributed by atoms with E-state index in [1.54, 1.807) is 0 Å². The highest BCUT2D eigenvalue weighted by molar-refractivity contribution is 7.47. The normalized spacial score (nSPS) is 13.6. The lowest BCUT2D eigenvalue weighted by atomic mass is 10.0. The van der Waals surface area contributed by atoms with Gasteiger partial charge in [-0.2, -0.15) is 0 Å². The zero-order valence-corrected chi connectivity index (χ0v) is 54.5. The molecule has 0 heterocycles. The summed E-state index contributed by atoms with van der Waals surface area (Å²) in [6.45, 7) is 3.66. The van der Waals surface area contributed by atoms with Crippen molar-refractivity contribution in [1.82, 2.24) is 0 Å². The third-order valence-corrected chi connectivity index (χ3v) is 15.6. The molecular formula is C73H128NO8P. The zero-order valence-electron chi connectivity index (χ0n) is 53.7. The lowest BCUT2D eigenvalue weighted by Gasteiger charge is -2.19. The average Bonchev–Trinajstić information content (AvgIpc) is 3.49. The molecule has 0 amide bonds. The number of nitrogens with two attached hydrogens (primary N) is 1. The van der Waals surface area contributed by atoms with Crippen molar-refractivity contribution in [2.24, 2.45) is 5.73 Å². The van der Waals surface area contributed by atoms with E-state index >= 15 is 0 Å². The van der Waals surface area contributed by atoms with E-state index in [-0.39, 0.29) is 38.6 Å². The molecule has 478 valence electrons. The molecular weight excluding hydrogens is 1050 g/mol. The molecule has 0 aromatic heterocycles. The smallest absolute Gasteiger partial charge is 0.462 e. The van der Waals surface area contributed by atoms with Crippen LogP contribution in [0.25, 0.3) is 0 Å². The van der Waals surface area contributed by atoms with Crippen molar-refractivity contribution >= 4 is 19.8 Å². The molecule has 9 nitrogen and oxygen atoms in total. The first-order valence-electron chi connectivity index (χ1n) is 34.4. The summed E-state index contributed by atoms with van der Waals surface area (Å²) in [5.74, 6) is -0.824. The van der Waals surface area contributed by atoms with E-state index in [0.717, 1.165) is 89.9 Å². The van der Waals surface area contributed by atoms with Crippen LogP contribution in [0.2, 0.25) is 0 Å². The van der Waals surface area contributed by atoms with Gasteiger partial charge in [0.05, 0.1) is 13.2 Å². The van der Waals surface area contributed by atoms with Crippen LogP contribution in [0.15, 0.2) is 109 Å². The quantitative estimate of drug-likeness (QED) is 0.0264. The molecule has 0 fully saturated rings. The summed E-state index contributed by atoms with van der Waals surface area (Å²) >= 11 is 0. The number of unbranched alkanes of at least 4 members (excludes halogenated alkanes) is 33. The number of phosphoric ester groups is 1. The van der Waals surface area contributed by atoms with Crippen molar-refractivity contribution in [3.63, 3.8) is 0 Å². The second kappa shape index (κ2) is 67.8. The van der Waals surface area contributed by atoms with Gasteiger partial charge in [-0.15, -0.1) is 0 Å². The SMILES string of the molecule is CC/C=C\C/C=C\C/C=C\C/C=C\C/C=C\C/C=C\C/C=C\C/C=C\CCCCCCCCCCCCCCC(=O)OC(COC(=O)CCCCCCCCCCCCCCC/C=C\CCCCCCCCCC)COP(=O)(O)OCCN. The molecule has 0 aliphatic rings. The summed E-state index contributed by atoms with van der Waals surface area (Å²) in [6, 6.07) is 0. The number of carbonyl (C=O) groups is 2. The molecule has 0 rings (SSSR count). The van der Waals surface area contributed by atoms with Gasteiger partial charge in [0.1, 0.15) is 6.61 Å². The van der Waals surface area contributed by atoms with Gasteiger partial charge in [-0.3, -0.25) is 18.6 Å². The van der Waals surface area contributed by atoms with E-state index in [2.05, 4.69) is 123 Å². The minimum atomic E-state index is -4.40. The number of carbonyl (C=O) groups excluding carboxylic acids is 2. The Morgan fingerprint density at radius 2 is 0.663 bits per heavy atom. The molecule has 0 saturated carbocycles. The summed E-state index contributed by atoms with van der Waals surface area (Å²) in [6.07, 6.45) is 93.1. The highest BCUT2D eigenvalue weighted by atomic mass is 31.2. The first kappa shape index (κ1) is 79.7. The van der Waals surface area contributed by atoms with E-state index in [4.69, 9.17) is 24.3 Å². The molecule has 0 bridgehead atoms. The number of phosphoric acid groups is 1. The molecule has 0 saturated heterocycles. The van der Waals surface area contributed by atoms with Crippen LogP contribution < -0.4 is 5.73 Å². The maximum absolute atomic E-state index is 12.8. The first-order valence-corrected chi connectivity index (χ1v) is 35.9. The van der Waals surface area contributed by atoms with Gasteiger partial charge in [0.15, 0.2) is 6.10 Å². The fourth-order valence-corrected chi connectivity index (χ4v) is 10.4. The van der Waals surface area contributed by atoms with Crippen molar-refractivity contribution in [3.8, 4) is 0 Å². The van der Waals surface area contributed by atoms with E-state index in [0.29, 0.717) is 6.42 Å². The Hall–Kier alpha value is -3.33. The molecule has 0 aromatic carbocycles. The van der Waals surface area contributed by atoms with Crippen LogP contribution in [-0.4, -0.2) is 49.3 Å². The fraction of sp³-hybridized carbons (Fsp3) is 0.726. The van der Waals surface area contributed by atoms with Crippen LogP contribution in [0.4, 0.5) is 0 Å². The fourth-order valence-electron chi connectivity index (χ4n) is 9.59.